The van der Waals surface area contributed by atoms with Gasteiger partial charge in [-0.3, -0.25) is 0 Å². The van der Waals surface area contributed by atoms with Gasteiger partial charge in [0, 0.05) is 35.4 Å². The van der Waals surface area contributed by atoms with E-state index in [1.165, 1.54) is 32.1 Å². The molecule has 1 aromatic heterocycles. The molecule has 0 amide bonds. The van der Waals surface area contributed by atoms with Crippen molar-refractivity contribution in [1.82, 2.24) is 4.98 Å². The highest BCUT2D eigenvalue weighted by molar-refractivity contribution is 9.10. The average molecular weight is 312 g/mol. The third-order valence-electron chi connectivity index (χ3n) is 3.76. The first-order chi connectivity index (χ1) is 8.76. The summed E-state index contributed by atoms with van der Waals surface area (Å²) >= 11 is 3.47. The second kappa shape index (κ2) is 6.53. The van der Waals surface area contributed by atoms with Gasteiger partial charge in [0.2, 0.25) is 0 Å². The minimum absolute atomic E-state index is 0.547. The summed E-state index contributed by atoms with van der Waals surface area (Å²) in [7, 11) is 0. The van der Waals surface area contributed by atoms with Gasteiger partial charge in [-0.2, -0.15) is 0 Å². The van der Waals surface area contributed by atoms with Crippen LogP contribution in [0.3, 0.4) is 0 Å². The van der Waals surface area contributed by atoms with Crippen LogP contribution in [0.4, 0.5) is 5.82 Å². The molecule has 0 saturated heterocycles. The van der Waals surface area contributed by atoms with Crippen molar-refractivity contribution in [3.05, 3.63) is 22.3 Å². The Labute approximate surface area is 118 Å². The number of nitrogens with two attached hydrogens (primary N) is 1. The standard InChI is InChI=1S/C14H22BrN3/c1-2-18(13-6-4-3-5-7-13)14-11(9-16)8-12(15)10-17-14/h8,10,13H,2-7,9,16H2,1H3. The summed E-state index contributed by atoms with van der Waals surface area (Å²) in [6, 6.07) is 2.73. The summed E-state index contributed by atoms with van der Waals surface area (Å²) in [4.78, 5) is 7.03. The Hall–Kier alpha value is -0.610. The van der Waals surface area contributed by atoms with E-state index in [0.717, 1.165) is 22.4 Å². The van der Waals surface area contributed by atoms with Crippen molar-refractivity contribution in [2.24, 2.45) is 5.73 Å². The van der Waals surface area contributed by atoms with Gasteiger partial charge in [0.25, 0.3) is 0 Å². The topological polar surface area (TPSA) is 42.2 Å². The van der Waals surface area contributed by atoms with E-state index < -0.39 is 0 Å². The molecule has 0 spiro atoms. The van der Waals surface area contributed by atoms with Gasteiger partial charge < -0.3 is 10.6 Å². The molecule has 1 heterocycles. The SMILES string of the molecule is CCN(c1ncc(Br)cc1CN)C1CCCCC1. The lowest BCUT2D eigenvalue weighted by Crippen LogP contribution is -2.38. The van der Waals surface area contributed by atoms with E-state index >= 15 is 0 Å². The van der Waals surface area contributed by atoms with Crippen molar-refractivity contribution in [1.29, 1.82) is 0 Å². The Morgan fingerprint density at radius 1 is 1.39 bits per heavy atom. The molecule has 0 bridgehead atoms. The lowest BCUT2D eigenvalue weighted by atomic mass is 9.94. The number of pyridine rings is 1. The van der Waals surface area contributed by atoms with Crippen LogP contribution < -0.4 is 10.6 Å². The van der Waals surface area contributed by atoms with E-state index in [1.807, 2.05) is 6.20 Å². The molecule has 100 valence electrons. The number of anilines is 1. The van der Waals surface area contributed by atoms with Gasteiger partial charge in [-0.1, -0.05) is 19.3 Å². The van der Waals surface area contributed by atoms with Crippen LogP contribution in [0.25, 0.3) is 0 Å². The minimum Gasteiger partial charge on any atom is -0.354 e. The molecule has 1 saturated carbocycles. The van der Waals surface area contributed by atoms with Crippen molar-refractivity contribution < 1.29 is 0 Å². The molecule has 1 aliphatic carbocycles. The van der Waals surface area contributed by atoms with Crippen molar-refractivity contribution in [3.63, 3.8) is 0 Å². The second-order valence-corrected chi connectivity index (χ2v) is 5.83. The van der Waals surface area contributed by atoms with Crippen LogP contribution in [-0.4, -0.2) is 17.6 Å². The summed E-state index contributed by atoms with van der Waals surface area (Å²) in [6.07, 6.45) is 8.52. The lowest BCUT2D eigenvalue weighted by Gasteiger charge is -2.35. The van der Waals surface area contributed by atoms with Crippen LogP contribution in [0.15, 0.2) is 16.7 Å². The van der Waals surface area contributed by atoms with Crippen molar-refractivity contribution >= 4 is 21.7 Å². The molecular formula is C14H22BrN3. The molecule has 3 nitrogen and oxygen atoms in total. The monoisotopic (exact) mass is 311 g/mol. The maximum atomic E-state index is 5.85. The molecule has 0 aromatic carbocycles. The highest BCUT2D eigenvalue weighted by atomic mass is 79.9. The quantitative estimate of drug-likeness (QED) is 0.926. The van der Waals surface area contributed by atoms with E-state index in [2.05, 4.69) is 38.8 Å². The number of hydrogen-bond acceptors (Lipinski definition) is 3. The Kier molecular flexibility index (Phi) is 5.01. The molecule has 2 rings (SSSR count). The van der Waals surface area contributed by atoms with Crippen molar-refractivity contribution in [2.45, 2.75) is 51.6 Å². The summed E-state index contributed by atoms with van der Waals surface area (Å²) in [6.45, 7) is 3.76. The van der Waals surface area contributed by atoms with Crippen LogP contribution in [0.5, 0.6) is 0 Å². The zero-order valence-corrected chi connectivity index (χ0v) is 12.6. The van der Waals surface area contributed by atoms with E-state index in [9.17, 15) is 0 Å². The van der Waals surface area contributed by atoms with Gasteiger partial charge in [0.1, 0.15) is 5.82 Å². The first-order valence-electron chi connectivity index (χ1n) is 6.87. The van der Waals surface area contributed by atoms with Gasteiger partial charge in [0.05, 0.1) is 0 Å². The molecule has 1 fully saturated rings. The van der Waals surface area contributed by atoms with E-state index in [0.29, 0.717) is 12.6 Å². The van der Waals surface area contributed by atoms with Gasteiger partial charge in [0.15, 0.2) is 0 Å². The highest BCUT2D eigenvalue weighted by Gasteiger charge is 2.22. The fourth-order valence-corrected chi connectivity index (χ4v) is 3.24. The maximum Gasteiger partial charge on any atom is 0.133 e. The van der Waals surface area contributed by atoms with E-state index in [4.69, 9.17) is 5.73 Å². The van der Waals surface area contributed by atoms with Crippen molar-refractivity contribution in [3.8, 4) is 0 Å². The molecule has 0 aliphatic heterocycles. The zero-order valence-electron chi connectivity index (χ0n) is 11.0. The summed E-state index contributed by atoms with van der Waals surface area (Å²) in [5, 5.41) is 0. The highest BCUT2D eigenvalue weighted by Crippen LogP contribution is 2.29. The first kappa shape index (κ1) is 13.8. The third-order valence-corrected chi connectivity index (χ3v) is 4.19. The fraction of sp³-hybridized carbons (Fsp3) is 0.643. The van der Waals surface area contributed by atoms with Crippen LogP contribution in [0.1, 0.15) is 44.6 Å². The van der Waals surface area contributed by atoms with Crippen molar-refractivity contribution in [2.75, 3.05) is 11.4 Å². The van der Waals surface area contributed by atoms with Crippen LogP contribution in [0.2, 0.25) is 0 Å². The zero-order chi connectivity index (χ0) is 13.0. The van der Waals surface area contributed by atoms with E-state index in [-0.39, 0.29) is 0 Å². The minimum atomic E-state index is 0.547. The van der Waals surface area contributed by atoms with Crippen LogP contribution in [0, 0.1) is 0 Å². The van der Waals surface area contributed by atoms with E-state index in [1.54, 1.807) is 0 Å². The molecule has 1 aromatic rings. The Morgan fingerprint density at radius 2 is 2.11 bits per heavy atom. The molecule has 4 heteroatoms. The van der Waals surface area contributed by atoms with Gasteiger partial charge in [-0.15, -0.1) is 0 Å². The summed E-state index contributed by atoms with van der Waals surface area (Å²) in [5.41, 5.74) is 6.99. The second-order valence-electron chi connectivity index (χ2n) is 4.92. The largest absolute Gasteiger partial charge is 0.354 e. The lowest BCUT2D eigenvalue weighted by molar-refractivity contribution is 0.415. The Bertz CT molecular complexity index is 389. The molecule has 0 atom stereocenters. The third kappa shape index (κ3) is 3.04. The van der Waals surface area contributed by atoms with Crippen LogP contribution >= 0.6 is 15.9 Å². The number of rotatable bonds is 4. The maximum absolute atomic E-state index is 5.85. The summed E-state index contributed by atoms with van der Waals surface area (Å²) < 4.78 is 1.01. The molecule has 2 N–H and O–H groups in total. The number of aromatic nitrogens is 1. The molecule has 18 heavy (non-hydrogen) atoms. The molecule has 0 unspecified atom stereocenters. The smallest absolute Gasteiger partial charge is 0.133 e. The molecule has 1 aliphatic rings. The Balaban J connectivity index is 2.25. The van der Waals surface area contributed by atoms with Crippen LogP contribution in [-0.2, 0) is 6.54 Å². The van der Waals surface area contributed by atoms with Gasteiger partial charge >= 0.3 is 0 Å². The predicted octanol–water partition coefficient (Wildman–Crippen LogP) is 3.46. The predicted molar refractivity (Wildman–Crippen MR) is 79.7 cm³/mol. The van der Waals surface area contributed by atoms with Gasteiger partial charge in [-0.05, 0) is 41.8 Å². The fourth-order valence-electron chi connectivity index (χ4n) is 2.86. The number of nitrogens with zero attached hydrogens (tertiary/aromatic N) is 2. The normalized spacial score (nSPS) is 16.8. The Morgan fingerprint density at radius 3 is 2.72 bits per heavy atom. The number of hydrogen-bond donors (Lipinski definition) is 1. The molecular weight excluding hydrogens is 290 g/mol. The number of halogens is 1. The summed E-state index contributed by atoms with van der Waals surface area (Å²) in [5.74, 6) is 1.08. The average Bonchev–Trinajstić information content (AvgIpc) is 2.42. The van der Waals surface area contributed by atoms with Gasteiger partial charge in [-0.25, -0.2) is 4.98 Å². The first-order valence-corrected chi connectivity index (χ1v) is 7.66. The molecule has 0 radical (unpaired) electrons.